The van der Waals surface area contributed by atoms with E-state index < -0.39 is 12.0 Å². The first-order valence-electron chi connectivity index (χ1n) is 6.37. The van der Waals surface area contributed by atoms with Crippen molar-refractivity contribution in [1.82, 2.24) is 9.97 Å². The normalized spacial score (nSPS) is 12.6. The van der Waals surface area contributed by atoms with Crippen LogP contribution in [0.5, 0.6) is 0 Å². The summed E-state index contributed by atoms with van der Waals surface area (Å²) in [6.45, 7) is 4.07. The topological polar surface area (TPSA) is 104 Å². The number of rotatable bonds is 5. The van der Waals surface area contributed by atoms with Crippen molar-refractivity contribution in [3.63, 3.8) is 0 Å². The van der Waals surface area contributed by atoms with Gasteiger partial charge in [-0.1, -0.05) is 0 Å². The second-order valence-corrected chi connectivity index (χ2v) is 6.87. The molecule has 1 unspecified atom stereocenters. The number of hydrogen-bond acceptors (Lipinski definition) is 8. The molecule has 2 rings (SSSR count). The van der Waals surface area contributed by atoms with Crippen LogP contribution in [0.3, 0.4) is 0 Å². The molecular weight excluding hydrogens is 308 g/mol. The highest BCUT2D eigenvalue weighted by Crippen LogP contribution is 2.32. The molecule has 0 amide bonds. The van der Waals surface area contributed by atoms with E-state index in [1.165, 1.54) is 23.7 Å². The molecule has 114 valence electrons. The molecule has 2 aromatic heterocycles. The number of aromatic nitrogens is 2. The third kappa shape index (κ3) is 3.45. The van der Waals surface area contributed by atoms with Gasteiger partial charge >= 0.3 is 5.97 Å². The number of thiophene rings is 1. The van der Waals surface area contributed by atoms with Crippen LogP contribution in [-0.2, 0) is 15.3 Å². The number of aryl methyl sites for hydroxylation is 2. The zero-order chi connectivity index (χ0) is 15.6. The summed E-state index contributed by atoms with van der Waals surface area (Å²) in [7, 11) is 1.33. The van der Waals surface area contributed by atoms with E-state index in [-0.39, 0.29) is 0 Å². The van der Waals surface area contributed by atoms with E-state index in [9.17, 15) is 4.79 Å². The number of nitrogens with two attached hydrogens (primary N) is 2. The largest absolute Gasteiger partial charge is 0.468 e. The number of fused-ring (bicyclic) bond motifs is 1. The highest BCUT2D eigenvalue weighted by Gasteiger charge is 2.15. The first-order chi connectivity index (χ1) is 9.93. The number of anilines is 1. The highest BCUT2D eigenvalue weighted by molar-refractivity contribution is 7.98. The minimum atomic E-state index is -0.632. The molecule has 6 nitrogen and oxygen atoms in total. The Bertz CT molecular complexity index is 672. The second-order valence-electron chi connectivity index (χ2n) is 4.63. The van der Waals surface area contributed by atoms with Crippen LogP contribution in [0.2, 0.25) is 0 Å². The fraction of sp³-hybridized carbons (Fsp3) is 0.462. The number of carbonyl (C=O) groups is 1. The van der Waals surface area contributed by atoms with E-state index >= 15 is 0 Å². The van der Waals surface area contributed by atoms with Crippen LogP contribution in [0, 0.1) is 13.8 Å². The van der Waals surface area contributed by atoms with Crippen LogP contribution in [0.4, 0.5) is 5.82 Å². The van der Waals surface area contributed by atoms with Crippen LogP contribution in [0.15, 0.2) is 0 Å². The Hall–Kier alpha value is -1.38. The Morgan fingerprint density at radius 1 is 1.43 bits per heavy atom. The molecule has 0 spiro atoms. The Balaban J connectivity index is 2.08. The number of ether oxygens (including phenoxy) is 1. The second kappa shape index (κ2) is 6.59. The monoisotopic (exact) mass is 326 g/mol. The minimum Gasteiger partial charge on any atom is -0.468 e. The SMILES string of the molecule is COC(=O)C(N)CSCc1nc(N)c2c(C)c(C)sc2n1. The maximum atomic E-state index is 11.2. The molecule has 2 aromatic rings. The van der Waals surface area contributed by atoms with Gasteiger partial charge in [0.15, 0.2) is 0 Å². The van der Waals surface area contributed by atoms with Gasteiger partial charge in [0.1, 0.15) is 22.5 Å². The average Bonchev–Trinajstić information content (AvgIpc) is 2.73. The lowest BCUT2D eigenvalue weighted by Crippen LogP contribution is -2.33. The number of esters is 1. The van der Waals surface area contributed by atoms with Gasteiger partial charge in [-0.2, -0.15) is 11.8 Å². The summed E-state index contributed by atoms with van der Waals surface area (Å²) in [5.74, 6) is 1.76. The van der Waals surface area contributed by atoms with Crippen LogP contribution in [-0.4, -0.2) is 34.8 Å². The van der Waals surface area contributed by atoms with Gasteiger partial charge in [-0.15, -0.1) is 11.3 Å². The predicted octanol–water partition coefficient (Wildman–Crippen LogP) is 1.62. The Morgan fingerprint density at radius 3 is 2.81 bits per heavy atom. The van der Waals surface area contributed by atoms with E-state index in [1.807, 2.05) is 13.8 Å². The molecule has 0 aromatic carbocycles. The van der Waals surface area contributed by atoms with Crippen molar-refractivity contribution in [2.45, 2.75) is 25.6 Å². The first kappa shape index (κ1) is 16.0. The Morgan fingerprint density at radius 2 is 2.14 bits per heavy atom. The zero-order valence-corrected chi connectivity index (χ0v) is 13.8. The number of nitrogens with zero attached hydrogens (tertiary/aromatic N) is 2. The van der Waals surface area contributed by atoms with Gasteiger partial charge in [0, 0.05) is 10.6 Å². The molecule has 0 aliphatic rings. The molecule has 2 heterocycles. The first-order valence-corrected chi connectivity index (χ1v) is 8.34. The molecule has 4 N–H and O–H groups in total. The van der Waals surface area contributed by atoms with Crippen molar-refractivity contribution in [1.29, 1.82) is 0 Å². The molecule has 0 aliphatic heterocycles. The number of methoxy groups -OCH3 is 1. The van der Waals surface area contributed by atoms with E-state index in [1.54, 1.807) is 11.3 Å². The third-order valence-electron chi connectivity index (χ3n) is 3.14. The zero-order valence-electron chi connectivity index (χ0n) is 12.2. The van der Waals surface area contributed by atoms with Crippen LogP contribution in [0.25, 0.3) is 10.2 Å². The molecular formula is C13H18N4O2S2. The lowest BCUT2D eigenvalue weighted by Gasteiger charge is -2.08. The van der Waals surface area contributed by atoms with E-state index in [4.69, 9.17) is 11.5 Å². The third-order valence-corrected chi connectivity index (χ3v) is 5.29. The van der Waals surface area contributed by atoms with Crippen LogP contribution in [0.1, 0.15) is 16.3 Å². The van der Waals surface area contributed by atoms with E-state index in [0.717, 1.165) is 15.8 Å². The maximum Gasteiger partial charge on any atom is 0.323 e. The van der Waals surface area contributed by atoms with Gasteiger partial charge in [-0.05, 0) is 19.4 Å². The van der Waals surface area contributed by atoms with Crippen molar-refractivity contribution >= 4 is 45.1 Å². The van der Waals surface area contributed by atoms with E-state index in [0.29, 0.717) is 23.1 Å². The molecule has 21 heavy (non-hydrogen) atoms. The highest BCUT2D eigenvalue weighted by atomic mass is 32.2. The Labute approximate surface area is 131 Å². The summed E-state index contributed by atoms with van der Waals surface area (Å²) >= 11 is 3.10. The van der Waals surface area contributed by atoms with Crippen molar-refractivity contribution in [3.8, 4) is 0 Å². The lowest BCUT2D eigenvalue weighted by molar-refractivity contribution is -0.141. The standard InChI is InChI=1S/C13H18N4O2S2/c1-6-7(2)21-12-10(6)11(15)16-9(17-12)5-20-4-8(14)13(18)19-3/h8H,4-5,14H2,1-3H3,(H2,15,16,17). The summed E-state index contributed by atoms with van der Waals surface area (Å²) in [5.41, 5.74) is 12.8. The fourth-order valence-electron chi connectivity index (χ4n) is 1.89. The van der Waals surface area contributed by atoms with Gasteiger partial charge < -0.3 is 16.2 Å². The molecule has 0 bridgehead atoms. The molecule has 8 heteroatoms. The molecule has 0 saturated heterocycles. The smallest absolute Gasteiger partial charge is 0.323 e. The van der Waals surface area contributed by atoms with Gasteiger partial charge in [-0.3, -0.25) is 4.79 Å². The van der Waals surface area contributed by atoms with Gasteiger partial charge in [0.2, 0.25) is 0 Å². The molecule has 0 aliphatic carbocycles. The van der Waals surface area contributed by atoms with Crippen LogP contribution < -0.4 is 11.5 Å². The minimum absolute atomic E-state index is 0.414. The average molecular weight is 326 g/mol. The molecule has 1 atom stereocenters. The summed E-state index contributed by atoms with van der Waals surface area (Å²) in [6.07, 6.45) is 0. The molecule has 0 radical (unpaired) electrons. The number of thioether (sulfide) groups is 1. The predicted molar refractivity (Wildman–Crippen MR) is 87.5 cm³/mol. The summed E-state index contributed by atoms with van der Waals surface area (Å²) in [4.78, 5) is 22.2. The quantitative estimate of drug-likeness (QED) is 0.805. The Kier molecular flexibility index (Phi) is 5.02. The number of carbonyl (C=O) groups excluding carboxylic acids is 1. The summed E-state index contributed by atoms with van der Waals surface area (Å²) < 4.78 is 4.58. The maximum absolute atomic E-state index is 11.2. The van der Waals surface area contributed by atoms with Crippen molar-refractivity contribution < 1.29 is 9.53 Å². The van der Waals surface area contributed by atoms with Crippen molar-refractivity contribution in [3.05, 3.63) is 16.3 Å². The van der Waals surface area contributed by atoms with Crippen molar-refractivity contribution in [2.75, 3.05) is 18.6 Å². The summed E-state index contributed by atoms with van der Waals surface area (Å²) in [6, 6.07) is -0.632. The number of nitrogen functional groups attached to an aromatic ring is 1. The van der Waals surface area contributed by atoms with Crippen LogP contribution >= 0.6 is 23.1 Å². The van der Waals surface area contributed by atoms with Gasteiger partial charge in [-0.25, -0.2) is 9.97 Å². The van der Waals surface area contributed by atoms with E-state index in [2.05, 4.69) is 14.7 Å². The van der Waals surface area contributed by atoms with Gasteiger partial charge in [0.25, 0.3) is 0 Å². The molecule has 0 fully saturated rings. The summed E-state index contributed by atoms with van der Waals surface area (Å²) in [5, 5.41) is 0.942. The number of hydrogen-bond donors (Lipinski definition) is 2. The fourth-order valence-corrected chi connectivity index (χ4v) is 3.76. The van der Waals surface area contributed by atoms with Gasteiger partial charge in [0.05, 0.1) is 18.2 Å². The molecule has 0 saturated carbocycles. The lowest BCUT2D eigenvalue weighted by atomic mass is 10.2. The van der Waals surface area contributed by atoms with Crippen molar-refractivity contribution in [2.24, 2.45) is 5.73 Å².